The molecule has 0 saturated heterocycles. The summed E-state index contributed by atoms with van der Waals surface area (Å²) in [6.45, 7) is 1.30. The number of nitrogens with one attached hydrogen (secondary N) is 1. The number of hydrogen-bond acceptors (Lipinski definition) is 3. The average Bonchev–Trinajstić information content (AvgIpc) is 2.41. The van der Waals surface area contributed by atoms with Gasteiger partial charge in [0.05, 0.1) is 0 Å². The number of benzene rings is 1. The van der Waals surface area contributed by atoms with Crippen LogP contribution < -0.4 is 5.32 Å². The summed E-state index contributed by atoms with van der Waals surface area (Å²) in [6.07, 6.45) is 2.98. The van der Waals surface area contributed by atoms with E-state index in [0.29, 0.717) is 0 Å². The van der Waals surface area contributed by atoms with Crippen molar-refractivity contribution in [2.45, 2.75) is 25.0 Å². The van der Waals surface area contributed by atoms with E-state index in [1.165, 1.54) is 19.1 Å². The van der Waals surface area contributed by atoms with Crippen molar-refractivity contribution >= 4 is 20.1 Å². The molecule has 1 aromatic carbocycles. The molecule has 0 aromatic heterocycles. The van der Waals surface area contributed by atoms with Crippen molar-refractivity contribution in [3.05, 3.63) is 58.5 Å². The predicted octanol–water partition coefficient (Wildman–Crippen LogP) is -0.146. The molecule has 0 radical (unpaired) electrons. The van der Waals surface area contributed by atoms with Gasteiger partial charge in [0.25, 0.3) is 0 Å². The zero-order chi connectivity index (χ0) is 16.4. The molecule has 22 heavy (non-hydrogen) atoms. The Labute approximate surface area is 131 Å². The van der Waals surface area contributed by atoms with Crippen LogP contribution in [0.5, 0.6) is 0 Å². The number of amides is 1. The Morgan fingerprint density at radius 1 is 1.32 bits per heavy atom. The number of rotatable bonds is 4. The Balaban J connectivity index is 2.43. The fourth-order valence-corrected chi connectivity index (χ4v) is 4.33. The maximum absolute atomic E-state index is 11.6. The Morgan fingerprint density at radius 2 is 1.95 bits per heavy atom. The molecular formula is C15H18AsNO5. The number of aliphatic hydroxyl groups is 1. The van der Waals surface area contributed by atoms with Gasteiger partial charge in [-0.05, 0) is 0 Å². The van der Waals surface area contributed by atoms with Crippen molar-refractivity contribution in [2.75, 3.05) is 0 Å². The second-order valence-corrected chi connectivity index (χ2v) is 8.65. The zero-order valence-electron chi connectivity index (χ0n) is 12.0. The third-order valence-corrected chi connectivity index (χ3v) is 5.75. The SMILES string of the molecule is CC(=O)NC1(Cc2ccccc2)C=CC=C([As](=O)(O)O)C1O. The van der Waals surface area contributed by atoms with Crippen molar-refractivity contribution in [1.82, 2.24) is 5.32 Å². The van der Waals surface area contributed by atoms with E-state index in [9.17, 15) is 21.8 Å². The fourth-order valence-electron chi connectivity index (χ4n) is 2.59. The van der Waals surface area contributed by atoms with Gasteiger partial charge in [0, 0.05) is 0 Å². The van der Waals surface area contributed by atoms with Crippen molar-refractivity contribution < 1.29 is 21.8 Å². The maximum atomic E-state index is 11.6. The number of aliphatic hydroxyl groups excluding tert-OH is 1. The Kier molecular flexibility index (Phi) is 4.77. The van der Waals surface area contributed by atoms with E-state index in [1.807, 2.05) is 30.3 Å². The molecule has 1 aliphatic carbocycles. The number of hydrogen-bond donors (Lipinski definition) is 4. The molecule has 0 saturated carbocycles. The topological polar surface area (TPSA) is 107 Å². The summed E-state index contributed by atoms with van der Waals surface area (Å²) in [4.78, 5) is 11.5. The van der Waals surface area contributed by atoms with Crippen LogP contribution in [-0.4, -0.2) is 45.0 Å². The van der Waals surface area contributed by atoms with E-state index >= 15 is 0 Å². The third kappa shape index (κ3) is 3.59. The van der Waals surface area contributed by atoms with Crippen LogP contribution in [0.2, 0.25) is 0 Å². The molecule has 1 aromatic rings. The monoisotopic (exact) mass is 367 g/mol. The van der Waals surface area contributed by atoms with E-state index in [2.05, 4.69) is 5.32 Å². The molecule has 7 heteroatoms. The van der Waals surface area contributed by atoms with E-state index in [1.54, 1.807) is 6.08 Å². The van der Waals surface area contributed by atoms with Crippen LogP contribution in [0.3, 0.4) is 0 Å². The van der Waals surface area contributed by atoms with Gasteiger partial charge < -0.3 is 0 Å². The molecule has 0 heterocycles. The van der Waals surface area contributed by atoms with Gasteiger partial charge in [0.15, 0.2) is 0 Å². The Hall–Kier alpha value is -1.59. The quantitative estimate of drug-likeness (QED) is 0.554. The first kappa shape index (κ1) is 16.8. The molecule has 0 bridgehead atoms. The normalized spacial score (nSPS) is 24.7. The molecule has 4 N–H and O–H groups in total. The summed E-state index contributed by atoms with van der Waals surface area (Å²) in [5.41, 5.74) is -0.445. The van der Waals surface area contributed by atoms with Crippen LogP contribution in [0.15, 0.2) is 52.9 Å². The van der Waals surface area contributed by atoms with E-state index < -0.39 is 25.8 Å². The van der Waals surface area contributed by atoms with Gasteiger partial charge in [0.1, 0.15) is 0 Å². The summed E-state index contributed by atoms with van der Waals surface area (Å²) in [6, 6.07) is 9.12. The number of allylic oxidation sites excluding steroid dienone is 2. The number of carbonyl (C=O) groups is 1. The van der Waals surface area contributed by atoms with Crippen LogP contribution in [0, 0.1) is 0 Å². The number of carbonyl (C=O) groups excluding carboxylic acids is 1. The van der Waals surface area contributed by atoms with Crippen molar-refractivity contribution in [3.63, 3.8) is 0 Å². The minimum atomic E-state index is -5.28. The molecule has 0 spiro atoms. The summed E-state index contributed by atoms with van der Waals surface area (Å²) >= 11 is -5.28. The summed E-state index contributed by atoms with van der Waals surface area (Å²) in [5, 5.41) is 13.2. The molecule has 0 aliphatic heterocycles. The van der Waals surface area contributed by atoms with Gasteiger partial charge >= 0.3 is 131 Å². The van der Waals surface area contributed by atoms with Crippen LogP contribution in [0.1, 0.15) is 12.5 Å². The Bertz CT molecular complexity index is 664. The Morgan fingerprint density at radius 3 is 2.50 bits per heavy atom. The van der Waals surface area contributed by atoms with Gasteiger partial charge in [-0.1, -0.05) is 0 Å². The molecule has 2 atom stereocenters. The first-order chi connectivity index (χ1) is 10.2. The van der Waals surface area contributed by atoms with Crippen LogP contribution in [0.25, 0.3) is 0 Å². The van der Waals surface area contributed by atoms with Crippen LogP contribution >= 0.6 is 0 Å². The van der Waals surface area contributed by atoms with Crippen molar-refractivity contribution in [2.24, 2.45) is 0 Å². The van der Waals surface area contributed by atoms with Gasteiger partial charge in [-0.2, -0.15) is 0 Å². The standard InChI is InChI=1S/C15H18AsNO5/c1-11(18)17-15(10-12-6-3-2-4-7-12)9-5-8-13(14(15)19)16(20,21)22/h2-9,14,19H,10H2,1H3,(H,17,18)(H2,20,21,22). The second-order valence-electron chi connectivity index (χ2n) is 5.28. The van der Waals surface area contributed by atoms with Gasteiger partial charge in [-0.15, -0.1) is 0 Å². The van der Waals surface area contributed by atoms with Gasteiger partial charge in [-0.3, -0.25) is 0 Å². The first-order valence-corrected chi connectivity index (χ1v) is 10.1. The van der Waals surface area contributed by atoms with Crippen LogP contribution in [-0.2, 0) is 15.0 Å². The molecule has 1 amide bonds. The molecule has 2 rings (SSSR count). The molecule has 0 fully saturated rings. The third-order valence-electron chi connectivity index (χ3n) is 3.51. The van der Waals surface area contributed by atoms with Crippen molar-refractivity contribution in [1.29, 1.82) is 0 Å². The summed E-state index contributed by atoms with van der Waals surface area (Å²) < 4.78 is 30.1. The van der Waals surface area contributed by atoms with E-state index in [0.717, 1.165) is 5.56 Å². The second kappa shape index (κ2) is 6.26. The van der Waals surface area contributed by atoms with E-state index in [4.69, 9.17) is 0 Å². The van der Waals surface area contributed by atoms with Crippen molar-refractivity contribution in [3.8, 4) is 0 Å². The molecule has 6 nitrogen and oxygen atoms in total. The average molecular weight is 367 g/mol. The molecule has 1 aliphatic rings. The fraction of sp³-hybridized carbons (Fsp3) is 0.267. The molecular weight excluding hydrogens is 349 g/mol. The summed E-state index contributed by atoms with van der Waals surface area (Å²) in [7, 11) is 0. The minimum absolute atomic E-state index is 0.220. The summed E-state index contributed by atoms with van der Waals surface area (Å²) in [5.74, 6) is -0.390. The molecule has 2 unspecified atom stereocenters. The molecule has 118 valence electrons. The predicted molar refractivity (Wildman–Crippen MR) is 80.8 cm³/mol. The van der Waals surface area contributed by atoms with Crippen LogP contribution in [0.4, 0.5) is 0 Å². The van der Waals surface area contributed by atoms with E-state index in [-0.39, 0.29) is 16.7 Å². The van der Waals surface area contributed by atoms with Gasteiger partial charge in [0.2, 0.25) is 0 Å². The zero-order valence-corrected chi connectivity index (χ0v) is 13.9. The first-order valence-electron chi connectivity index (χ1n) is 6.71. The van der Waals surface area contributed by atoms with Gasteiger partial charge in [-0.25, -0.2) is 0 Å².